The van der Waals surface area contributed by atoms with Crippen molar-refractivity contribution in [3.05, 3.63) is 34.2 Å². The normalized spacial score (nSPS) is 21.1. The summed E-state index contributed by atoms with van der Waals surface area (Å²) in [5, 5.41) is 11.5. The second-order valence-electron chi connectivity index (χ2n) is 4.75. The molecular weight excluding hydrogens is 260 g/mol. The van der Waals surface area contributed by atoms with Gasteiger partial charge in [-0.1, -0.05) is 12.1 Å². The van der Waals surface area contributed by atoms with E-state index in [9.17, 15) is 4.79 Å². The molecule has 0 saturated carbocycles. The molecule has 0 aliphatic carbocycles. The Balaban J connectivity index is 2.16. The van der Waals surface area contributed by atoms with Gasteiger partial charge in [0.25, 0.3) is 5.56 Å². The van der Waals surface area contributed by atoms with Crippen molar-refractivity contribution in [2.24, 2.45) is 10.9 Å². The van der Waals surface area contributed by atoms with Crippen molar-refractivity contribution in [2.75, 3.05) is 26.2 Å². The first-order valence-electron chi connectivity index (χ1n) is 6.67. The molecule has 1 fully saturated rings. The Hall–Kier alpha value is -1.86. The summed E-state index contributed by atoms with van der Waals surface area (Å²) in [4.78, 5) is 14.5. The van der Waals surface area contributed by atoms with E-state index in [1.165, 1.54) is 10.6 Å². The van der Waals surface area contributed by atoms with Crippen LogP contribution >= 0.6 is 0 Å². The predicted octanol–water partition coefficient (Wildman–Crippen LogP) is -0.336. The van der Waals surface area contributed by atoms with Gasteiger partial charge in [0.1, 0.15) is 0 Å². The molecule has 7 nitrogen and oxygen atoms in total. The van der Waals surface area contributed by atoms with Crippen molar-refractivity contribution in [3.8, 4) is 0 Å². The molecule has 0 radical (unpaired) electrons. The highest BCUT2D eigenvalue weighted by atomic mass is 16.5. The summed E-state index contributed by atoms with van der Waals surface area (Å²) < 4.78 is 7.22. The first kappa shape index (κ1) is 14.5. The Kier molecular flexibility index (Phi) is 4.75. The van der Waals surface area contributed by atoms with Gasteiger partial charge < -0.3 is 20.2 Å². The van der Waals surface area contributed by atoms with E-state index in [0.29, 0.717) is 13.2 Å². The number of amidine groups is 1. The quantitative estimate of drug-likeness (QED) is 0.341. The molecule has 0 spiro atoms. The average molecular weight is 280 g/mol. The van der Waals surface area contributed by atoms with Gasteiger partial charge in [-0.3, -0.25) is 9.69 Å². The van der Waals surface area contributed by atoms with E-state index >= 15 is 0 Å². The largest absolute Gasteiger partial charge is 0.409 e. The Labute approximate surface area is 117 Å². The molecule has 2 rings (SSSR count). The summed E-state index contributed by atoms with van der Waals surface area (Å²) in [6.45, 7) is 5.93. The maximum Gasteiger partial charge on any atom is 0.261 e. The number of likely N-dealkylation sites (N-methyl/N-ethyl adjacent to an activating group) is 1. The Morgan fingerprint density at radius 2 is 2.45 bits per heavy atom. The molecule has 1 aliphatic rings. The molecule has 2 heterocycles. The highest BCUT2D eigenvalue weighted by Crippen LogP contribution is 2.06. The lowest BCUT2D eigenvalue weighted by molar-refractivity contribution is -0.0347. The number of nitrogens with two attached hydrogens (primary N) is 1. The third-order valence-corrected chi connectivity index (χ3v) is 3.47. The first-order valence-corrected chi connectivity index (χ1v) is 6.67. The van der Waals surface area contributed by atoms with Gasteiger partial charge in [-0.15, -0.1) is 0 Å². The summed E-state index contributed by atoms with van der Waals surface area (Å²) in [6.07, 6.45) is 1.66. The van der Waals surface area contributed by atoms with Crippen molar-refractivity contribution >= 4 is 5.84 Å². The fraction of sp³-hybridized carbons (Fsp3) is 0.538. The maximum absolute atomic E-state index is 12.2. The standard InChI is InChI=1S/C13H20N4O3/c1-2-16-6-7-20-10(8-16)9-17-5-3-4-11(13(17)18)12(14)15-19/h3-5,10,19H,2,6-9H2,1H3,(H2,14,15). The average Bonchev–Trinajstić information content (AvgIpc) is 2.49. The fourth-order valence-electron chi connectivity index (χ4n) is 2.33. The lowest BCUT2D eigenvalue weighted by atomic mass is 10.2. The van der Waals surface area contributed by atoms with Crippen LogP contribution in [0.1, 0.15) is 12.5 Å². The molecule has 20 heavy (non-hydrogen) atoms. The molecule has 1 unspecified atom stereocenters. The molecule has 0 aromatic carbocycles. The molecule has 7 heteroatoms. The minimum absolute atomic E-state index is 0.0241. The number of hydrogen-bond donors (Lipinski definition) is 2. The Morgan fingerprint density at radius 3 is 3.15 bits per heavy atom. The van der Waals surface area contributed by atoms with E-state index in [0.717, 1.165) is 19.6 Å². The van der Waals surface area contributed by atoms with E-state index in [1.807, 2.05) is 0 Å². The van der Waals surface area contributed by atoms with E-state index in [2.05, 4.69) is 17.0 Å². The van der Waals surface area contributed by atoms with Crippen LogP contribution in [0.25, 0.3) is 0 Å². The van der Waals surface area contributed by atoms with Crippen molar-refractivity contribution in [1.82, 2.24) is 9.47 Å². The maximum atomic E-state index is 12.2. The Morgan fingerprint density at radius 1 is 1.65 bits per heavy atom. The van der Waals surface area contributed by atoms with Crippen LogP contribution in [0.5, 0.6) is 0 Å². The summed E-state index contributed by atoms with van der Waals surface area (Å²) >= 11 is 0. The van der Waals surface area contributed by atoms with Crippen LogP contribution in [0.3, 0.4) is 0 Å². The topological polar surface area (TPSA) is 93.1 Å². The SMILES string of the molecule is CCN1CCOC(Cn2cccc(/C(N)=N/O)c2=O)C1. The van der Waals surface area contributed by atoms with Crippen LogP contribution in [0.4, 0.5) is 0 Å². The molecule has 1 aromatic heterocycles. The number of aromatic nitrogens is 1. The predicted molar refractivity (Wildman–Crippen MR) is 75.1 cm³/mol. The number of nitrogens with zero attached hydrogens (tertiary/aromatic N) is 3. The van der Waals surface area contributed by atoms with E-state index in [4.69, 9.17) is 15.7 Å². The lowest BCUT2D eigenvalue weighted by Gasteiger charge is -2.32. The van der Waals surface area contributed by atoms with Crippen LogP contribution in [0, 0.1) is 0 Å². The van der Waals surface area contributed by atoms with Gasteiger partial charge in [-0.2, -0.15) is 0 Å². The van der Waals surface area contributed by atoms with Gasteiger partial charge in [0.05, 0.1) is 24.8 Å². The molecule has 1 aliphatic heterocycles. The molecule has 1 saturated heterocycles. The monoisotopic (exact) mass is 280 g/mol. The van der Waals surface area contributed by atoms with E-state index in [1.54, 1.807) is 12.3 Å². The summed E-state index contributed by atoms with van der Waals surface area (Å²) in [6, 6.07) is 3.24. The number of morpholine rings is 1. The summed E-state index contributed by atoms with van der Waals surface area (Å²) in [5.74, 6) is -0.177. The number of hydrogen-bond acceptors (Lipinski definition) is 5. The van der Waals surface area contributed by atoms with Crippen molar-refractivity contribution < 1.29 is 9.94 Å². The third-order valence-electron chi connectivity index (χ3n) is 3.47. The van der Waals surface area contributed by atoms with Crippen LogP contribution in [0.15, 0.2) is 28.3 Å². The number of pyridine rings is 1. The minimum atomic E-state index is -0.278. The molecule has 0 bridgehead atoms. The van der Waals surface area contributed by atoms with Crippen molar-refractivity contribution in [2.45, 2.75) is 19.6 Å². The first-order chi connectivity index (χ1) is 9.65. The fourth-order valence-corrected chi connectivity index (χ4v) is 2.33. The van der Waals surface area contributed by atoms with Gasteiger partial charge >= 0.3 is 0 Å². The molecule has 3 N–H and O–H groups in total. The zero-order chi connectivity index (χ0) is 14.5. The zero-order valence-corrected chi connectivity index (χ0v) is 11.5. The van der Waals surface area contributed by atoms with Gasteiger partial charge in [-0.25, -0.2) is 0 Å². The van der Waals surface area contributed by atoms with Crippen LogP contribution in [-0.2, 0) is 11.3 Å². The number of ether oxygens (including phenoxy) is 1. The highest BCUT2D eigenvalue weighted by molar-refractivity contribution is 5.96. The second kappa shape index (κ2) is 6.53. The van der Waals surface area contributed by atoms with Crippen LogP contribution in [-0.4, -0.2) is 52.9 Å². The third kappa shape index (κ3) is 3.17. The van der Waals surface area contributed by atoms with Gasteiger partial charge in [0.15, 0.2) is 5.84 Å². The molecule has 110 valence electrons. The Bertz CT molecular complexity index is 541. The van der Waals surface area contributed by atoms with Crippen LogP contribution < -0.4 is 11.3 Å². The molecule has 1 aromatic rings. The van der Waals surface area contributed by atoms with E-state index < -0.39 is 0 Å². The summed E-state index contributed by atoms with van der Waals surface area (Å²) in [7, 11) is 0. The van der Waals surface area contributed by atoms with E-state index in [-0.39, 0.29) is 23.1 Å². The van der Waals surface area contributed by atoms with Gasteiger partial charge in [0.2, 0.25) is 0 Å². The summed E-state index contributed by atoms with van der Waals surface area (Å²) in [5.41, 5.74) is 5.40. The second-order valence-corrected chi connectivity index (χ2v) is 4.75. The van der Waals surface area contributed by atoms with Gasteiger partial charge in [0, 0.05) is 19.3 Å². The molecular formula is C13H20N4O3. The molecule has 1 atom stereocenters. The van der Waals surface area contributed by atoms with Crippen LogP contribution in [0.2, 0.25) is 0 Å². The van der Waals surface area contributed by atoms with Crippen molar-refractivity contribution in [3.63, 3.8) is 0 Å². The van der Waals surface area contributed by atoms with Crippen molar-refractivity contribution in [1.29, 1.82) is 0 Å². The number of oxime groups is 1. The smallest absolute Gasteiger partial charge is 0.261 e. The lowest BCUT2D eigenvalue weighted by Crippen LogP contribution is -2.45. The highest BCUT2D eigenvalue weighted by Gasteiger charge is 2.20. The minimum Gasteiger partial charge on any atom is -0.409 e. The van der Waals surface area contributed by atoms with Gasteiger partial charge in [-0.05, 0) is 18.7 Å². The zero-order valence-electron chi connectivity index (χ0n) is 11.5. The number of rotatable bonds is 4. The molecule has 0 amide bonds.